The molecule has 2 rings (SSSR count). The Morgan fingerprint density at radius 3 is 3.16 bits per heavy atom. The lowest BCUT2D eigenvalue weighted by molar-refractivity contribution is 0.126. The molecule has 0 radical (unpaired) electrons. The fourth-order valence-corrected chi connectivity index (χ4v) is 3.42. The second kappa shape index (κ2) is 6.47. The summed E-state index contributed by atoms with van der Waals surface area (Å²) >= 11 is 0. The van der Waals surface area contributed by atoms with Gasteiger partial charge in [0.05, 0.1) is 12.8 Å². The summed E-state index contributed by atoms with van der Waals surface area (Å²) in [6.45, 7) is 3.22. The molecule has 108 valence electrons. The van der Waals surface area contributed by atoms with E-state index in [1.807, 2.05) is 0 Å². The lowest BCUT2D eigenvalue weighted by Crippen LogP contribution is -2.48. The highest BCUT2D eigenvalue weighted by Gasteiger charge is 2.25. The third-order valence-electron chi connectivity index (χ3n) is 3.22. The second-order valence-electron chi connectivity index (χ2n) is 4.69. The number of piperidine rings is 1. The standard InChI is InChI=1S/C11H20N4O3S/c1-18-6-5-15-4-2-3-10(9-15)14-19(16,17)11-7-12-13-8-11/h7-8,10,14H,2-6,9H2,1H3,(H,12,13). The molecule has 8 heteroatoms. The van der Waals surface area contributed by atoms with Gasteiger partial charge in [-0.3, -0.25) is 10.00 Å². The van der Waals surface area contributed by atoms with Crippen LogP contribution < -0.4 is 4.72 Å². The van der Waals surface area contributed by atoms with Gasteiger partial charge in [-0.15, -0.1) is 0 Å². The van der Waals surface area contributed by atoms with Gasteiger partial charge in [0, 0.05) is 32.4 Å². The molecule has 7 nitrogen and oxygen atoms in total. The molecule has 1 fully saturated rings. The molecule has 1 aliphatic rings. The summed E-state index contributed by atoms with van der Waals surface area (Å²) in [6, 6.07) is -0.0505. The first kappa shape index (κ1) is 14.4. The molecule has 1 unspecified atom stereocenters. The smallest absolute Gasteiger partial charge is 0.243 e. The van der Waals surface area contributed by atoms with E-state index in [0.717, 1.165) is 32.5 Å². The van der Waals surface area contributed by atoms with Crippen LogP contribution in [0.1, 0.15) is 12.8 Å². The van der Waals surface area contributed by atoms with E-state index in [-0.39, 0.29) is 10.9 Å². The number of aromatic amines is 1. The van der Waals surface area contributed by atoms with Crippen molar-refractivity contribution in [1.82, 2.24) is 19.8 Å². The molecule has 2 heterocycles. The van der Waals surface area contributed by atoms with E-state index >= 15 is 0 Å². The Morgan fingerprint density at radius 2 is 2.47 bits per heavy atom. The number of aromatic nitrogens is 2. The number of likely N-dealkylation sites (tertiary alicyclic amines) is 1. The van der Waals surface area contributed by atoms with Crippen molar-refractivity contribution in [3.05, 3.63) is 12.4 Å². The maximum Gasteiger partial charge on any atom is 0.243 e. The van der Waals surface area contributed by atoms with Gasteiger partial charge in [-0.25, -0.2) is 13.1 Å². The monoisotopic (exact) mass is 288 g/mol. The van der Waals surface area contributed by atoms with Gasteiger partial charge in [0.2, 0.25) is 10.0 Å². The quantitative estimate of drug-likeness (QED) is 0.757. The zero-order valence-electron chi connectivity index (χ0n) is 11.0. The first-order valence-electron chi connectivity index (χ1n) is 6.34. The van der Waals surface area contributed by atoms with E-state index in [0.29, 0.717) is 6.61 Å². The van der Waals surface area contributed by atoms with Crippen LogP contribution in [0.25, 0.3) is 0 Å². The summed E-state index contributed by atoms with van der Waals surface area (Å²) in [7, 11) is -1.79. The molecule has 0 bridgehead atoms. The molecular formula is C11H20N4O3S. The van der Waals surface area contributed by atoms with Crippen LogP contribution in [0.4, 0.5) is 0 Å². The van der Waals surface area contributed by atoms with Gasteiger partial charge < -0.3 is 4.74 Å². The Labute approximate surface area is 113 Å². The number of hydrogen-bond acceptors (Lipinski definition) is 5. The summed E-state index contributed by atoms with van der Waals surface area (Å²) in [5.41, 5.74) is 0. The molecule has 1 atom stereocenters. The van der Waals surface area contributed by atoms with Crippen molar-refractivity contribution in [2.45, 2.75) is 23.8 Å². The molecule has 2 N–H and O–H groups in total. The molecule has 0 saturated carbocycles. The molecule has 0 spiro atoms. The highest BCUT2D eigenvalue weighted by molar-refractivity contribution is 7.89. The van der Waals surface area contributed by atoms with E-state index in [4.69, 9.17) is 4.74 Å². The number of hydrogen-bond donors (Lipinski definition) is 2. The maximum absolute atomic E-state index is 12.1. The number of nitrogens with one attached hydrogen (secondary N) is 2. The lowest BCUT2D eigenvalue weighted by atomic mass is 10.1. The molecule has 0 aliphatic carbocycles. The zero-order chi connectivity index (χ0) is 13.7. The van der Waals surface area contributed by atoms with Crippen LogP contribution in [0, 0.1) is 0 Å². The minimum atomic E-state index is -3.46. The van der Waals surface area contributed by atoms with E-state index in [2.05, 4.69) is 19.8 Å². The third kappa shape index (κ3) is 4.00. The van der Waals surface area contributed by atoms with Crippen LogP contribution >= 0.6 is 0 Å². The van der Waals surface area contributed by atoms with E-state index in [1.165, 1.54) is 12.4 Å². The lowest BCUT2D eigenvalue weighted by Gasteiger charge is -2.32. The minimum absolute atomic E-state index is 0.0505. The number of rotatable bonds is 6. The number of nitrogens with zero attached hydrogens (tertiary/aromatic N) is 2. The highest BCUT2D eigenvalue weighted by atomic mass is 32.2. The normalized spacial score (nSPS) is 21.6. The van der Waals surface area contributed by atoms with Gasteiger partial charge in [0.1, 0.15) is 4.90 Å². The van der Waals surface area contributed by atoms with Gasteiger partial charge in [-0.05, 0) is 19.4 Å². The van der Waals surface area contributed by atoms with E-state index in [9.17, 15) is 8.42 Å². The van der Waals surface area contributed by atoms with Gasteiger partial charge in [-0.2, -0.15) is 5.10 Å². The number of H-pyrrole nitrogens is 1. The van der Waals surface area contributed by atoms with Crippen molar-refractivity contribution in [3.8, 4) is 0 Å². The Morgan fingerprint density at radius 1 is 1.63 bits per heavy atom. The minimum Gasteiger partial charge on any atom is -0.383 e. The van der Waals surface area contributed by atoms with Crippen molar-refractivity contribution in [2.75, 3.05) is 33.4 Å². The zero-order valence-corrected chi connectivity index (χ0v) is 11.8. The predicted molar refractivity (Wildman–Crippen MR) is 70.2 cm³/mol. The molecule has 1 aromatic rings. The Hall–Kier alpha value is -0.960. The fraction of sp³-hybridized carbons (Fsp3) is 0.727. The van der Waals surface area contributed by atoms with Crippen molar-refractivity contribution in [3.63, 3.8) is 0 Å². The van der Waals surface area contributed by atoms with E-state index < -0.39 is 10.0 Å². The summed E-state index contributed by atoms with van der Waals surface area (Å²) in [4.78, 5) is 2.40. The first-order chi connectivity index (χ1) is 9.12. The molecule has 0 aromatic carbocycles. The van der Waals surface area contributed by atoms with Crippen molar-refractivity contribution < 1.29 is 13.2 Å². The summed E-state index contributed by atoms with van der Waals surface area (Å²) in [5, 5.41) is 6.18. The Kier molecular flexibility index (Phi) is 4.92. The highest BCUT2D eigenvalue weighted by Crippen LogP contribution is 2.13. The van der Waals surface area contributed by atoms with Crippen molar-refractivity contribution in [1.29, 1.82) is 0 Å². The van der Waals surface area contributed by atoms with Crippen LogP contribution in [-0.2, 0) is 14.8 Å². The molecular weight excluding hydrogens is 268 g/mol. The van der Waals surface area contributed by atoms with Gasteiger partial charge >= 0.3 is 0 Å². The predicted octanol–water partition coefficient (Wildman–Crippen LogP) is -0.201. The van der Waals surface area contributed by atoms with E-state index in [1.54, 1.807) is 7.11 Å². The molecule has 1 aromatic heterocycles. The molecule has 1 aliphatic heterocycles. The van der Waals surface area contributed by atoms with Crippen LogP contribution in [0.3, 0.4) is 0 Å². The van der Waals surface area contributed by atoms with Crippen LogP contribution in [0.2, 0.25) is 0 Å². The topological polar surface area (TPSA) is 87.3 Å². The average Bonchev–Trinajstić information content (AvgIpc) is 2.91. The fourth-order valence-electron chi connectivity index (χ4n) is 2.25. The number of ether oxygens (including phenoxy) is 1. The summed E-state index contributed by atoms with van der Waals surface area (Å²) in [6.07, 6.45) is 4.55. The average molecular weight is 288 g/mol. The molecule has 1 saturated heterocycles. The van der Waals surface area contributed by atoms with Gasteiger partial charge in [0.25, 0.3) is 0 Å². The molecule has 0 amide bonds. The van der Waals surface area contributed by atoms with Crippen LogP contribution in [-0.4, -0.2) is 62.9 Å². The number of methoxy groups -OCH3 is 1. The van der Waals surface area contributed by atoms with Crippen molar-refractivity contribution in [2.24, 2.45) is 0 Å². The SMILES string of the molecule is COCCN1CCCC(NS(=O)(=O)c2cn[nH]c2)C1. The van der Waals surface area contributed by atoms with Gasteiger partial charge in [0.15, 0.2) is 0 Å². The Bertz CT molecular complexity index is 474. The number of sulfonamides is 1. The Balaban J connectivity index is 1.92. The summed E-state index contributed by atoms with van der Waals surface area (Å²) in [5.74, 6) is 0. The van der Waals surface area contributed by atoms with Crippen LogP contribution in [0.5, 0.6) is 0 Å². The van der Waals surface area contributed by atoms with Crippen LogP contribution in [0.15, 0.2) is 17.3 Å². The maximum atomic E-state index is 12.1. The third-order valence-corrected chi connectivity index (χ3v) is 4.71. The summed E-state index contributed by atoms with van der Waals surface area (Å²) < 4.78 is 31.9. The molecule has 19 heavy (non-hydrogen) atoms. The largest absolute Gasteiger partial charge is 0.383 e. The van der Waals surface area contributed by atoms with Crippen molar-refractivity contribution >= 4 is 10.0 Å². The van der Waals surface area contributed by atoms with Gasteiger partial charge in [-0.1, -0.05) is 0 Å². The second-order valence-corrected chi connectivity index (χ2v) is 6.40. The first-order valence-corrected chi connectivity index (χ1v) is 7.82.